The summed E-state index contributed by atoms with van der Waals surface area (Å²) in [5.41, 5.74) is 6.16. The van der Waals surface area contributed by atoms with Gasteiger partial charge >= 0.3 is 0 Å². The molecule has 2 aromatic rings. The second-order valence-electron chi connectivity index (χ2n) is 2.89. The monoisotopic (exact) mass is 228 g/mol. The van der Waals surface area contributed by atoms with E-state index < -0.39 is 6.10 Å². The van der Waals surface area contributed by atoms with E-state index in [2.05, 4.69) is 4.98 Å². The first-order chi connectivity index (χ1) is 6.72. The number of hydrogen-bond acceptors (Lipinski definition) is 4. The molecule has 3 N–H and O–H groups in total. The molecule has 1 aromatic heterocycles. The third-order valence-electron chi connectivity index (χ3n) is 1.89. The van der Waals surface area contributed by atoms with Gasteiger partial charge < -0.3 is 10.8 Å². The molecule has 1 aromatic carbocycles. The van der Waals surface area contributed by atoms with Crippen LogP contribution in [0.25, 0.3) is 10.2 Å². The Morgan fingerprint density at radius 2 is 2.36 bits per heavy atom. The standard InChI is InChI=1S/C9H9ClN2OS/c10-5-2-1-3-6-8(5)14-9(12-6)7(13)4-11/h1-3,7,13H,4,11H2. The minimum atomic E-state index is -0.691. The largest absolute Gasteiger partial charge is 0.385 e. The maximum Gasteiger partial charge on any atom is 0.124 e. The number of aliphatic hydroxyl groups excluding tert-OH is 1. The van der Waals surface area contributed by atoms with Crippen molar-refractivity contribution in [2.24, 2.45) is 5.73 Å². The summed E-state index contributed by atoms with van der Waals surface area (Å²) in [5.74, 6) is 0. The summed E-state index contributed by atoms with van der Waals surface area (Å²) in [7, 11) is 0. The van der Waals surface area contributed by atoms with E-state index in [0.29, 0.717) is 10.0 Å². The molecular formula is C9H9ClN2OS. The van der Waals surface area contributed by atoms with Gasteiger partial charge in [0.25, 0.3) is 0 Å². The Kier molecular flexibility index (Phi) is 2.69. The molecule has 1 atom stereocenters. The van der Waals surface area contributed by atoms with Gasteiger partial charge in [-0.2, -0.15) is 0 Å². The molecule has 0 spiro atoms. The van der Waals surface area contributed by atoms with Crippen molar-refractivity contribution in [3.63, 3.8) is 0 Å². The molecule has 2 rings (SSSR count). The first-order valence-corrected chi connectivity index (χ1v) is 5.35. The number of nitrogens with zero attached hydrogens (tertiary/aromatic N) is 1. The lowest BCUT2D eigenvalue weighted by molar-refractivity contribution is 0.186. The molecule has 5 heteroatoms. The van der Waals surface area contributed by atoms with Crippen LogP contribution >= 0.6 is 22.9 Å². The highest BCUT2D eigenvalue weighted by atomic mass is 35.5. The lowest BCUT2D eigenvalue weighted by Crippen LogP contribution is -2.10. The lowest BCUT2D eigenvalue weighted by Gasteiger charge is -2.00. The number of rotatable bonds is 2. The maximum atomic E-state index is 9.50. The number of aliphatic hydroxyl groups is 1. The summed E-state index contributed by atoms with van der Waals surface area (Å²) in [6.45, 7) is 0.178. The van der Waals surface area contributed by atoms with E-state index in [0.717, 1.165) is 10.2 Å². The Balaban J connectivity index is 2.56. The third kappa shape index (κ3) is 1.62. The first kappa shape index (κ1) is 9.86. The summed E-state index contributed by atoms with van der Waals surface area (Å²) in [6, 6.07) is 5.51. The molecule has 0 aliphatic heterocycles. The predicted molar refractivity (Wildman–Crippen MR) is 58.6 cm³/mol. The first-order valence-electron chi connectivity index (χ1n) is 4.15. The summed E-state index contributed by atoms with van der Waals surface area (Å²) < 4.78 is 0.900. The summed E-state index contributed by atoms with van der Waals surface area (Å²) in [5, 5.41) is 10.8. The number of aromatic nitrogens is 1. The number of hydrogen-bond donors (Lipinski definition) is 2. The van der Waals surface area contributed by atoms with Crippen molar-refractivity contribution in [2.45, 2.75) is 6.10 Å². The van der Waals surface area contributed by atoms with Crippen molar-refractivity contribution in [3.8, 4) is 0 Å². The van der Waals surface area contributed by atoms with Crippen LogP contribution in [-0.4, -0.2) is 16.6 Å². The molecule has 0 fully saturated rings. The highest BCUT2D eigenvalue weighted by molar-refractivity contribution is 7.19. The maximum absolute atomic E-state index is 9.50. The molecule has 74 valence electrons. The van der Waals surface area contributed by atoms with Crippen LogP contribution in [0.4, 0.5) is 0 Å². The molecular weight excluding hydrogens is 220 g/mol. The fourth-order valence-electron chi connectivity index (χ4n) is 1.18. The lowest BCUT2D eigenvalue weighted by atomic mass is 10.3. The van der Waals surface area contributed by atoms with Crippen LogP contribution in [0, 0.1) is 0 Å². The van der Waals surface area contributed by atoms with Crippen molar-refractivity contribution in [1.82, 2.24) is 4.98 Å². The van der Waals surface area contributed by atoms with Gasteiger partial charge in [0, 0.05) is 6.54 Å². The fourth-order valence-corrected chi connectivity index (χ4v) is 2.43. The number of halogens is 1. The average molecular weight is 229 g/mol. The van der Waals surface area contributed by atoms with E-state index in [-0.39, 0.29) is 6.54 Å². The Bertz CT molecular complexity index is 457. The van der Waals surface area contributed by atoms with Crippen molar-refractivity contribution in [2.75, 3.05) is 6.54 Å². The van der Waals surface area contributed by atoms with Crippen LogP contribution in [0.3, 0.4) is 0 Å². The fraction of sp³-hybridized carbons (Fsp3) is 0.222. The van der Waals surface area contributed by atoms with Gasteiger partial charge in [0.2, 0.25) is 0 Å². The van der Waals surface area contributed by atoms with Crippen molar-refractivity contribution in [1.29, 1.82) is 0 Å². The van der Waals surface area contributed by atoms with Gasteiger partial charge in [0.1, 0.15) is 11.1 Å². The molecule has 0 saturated carbocycles. The third-order valence-corrected chi connectivity index (χ3v) is 3.52. The molecule has 0 aliphatic carbocycles. The van der Waals surface area contributed by atoms with E-state index in [9.17, 15) is 5.11 Å². The molecule has 0 aliphatic rings. The SMILES string of the molecule is NCC(O)c1nc2cccc(Cl)c2s1. The highest BCUT2D eigenvalue weighted by Gasteiger charge is 2.12. The van der Waals surface area contributed by atoms with Crippen molar-refractivity contribution in [3.05, 3.63) is 28.2 Å². The van der Waals surface area contributed by atoms with Gasteiger partial charge in [-0.3, -0.25) is 0 Å². The number of nitrogens with two attached hydrogens (primary N) is 1. The van der Waals surface area contributed by atoms with E-state index >= 15 is 0 Å². The zero-order chi connectivity index (χ0) is 10.1. The topological polar surface area (TPSA) is 59.1 Å². The molecule has 0 amide bonds. The molecule has 0 bridgehead atoms. The van der Waals surface area contributed by atoms with E-state index in [1.807, 2.05) is 12.1 Å². The zero-order valence-electron chi connectivity index (χ0n) is 7.27. The minimum absolute atomic E-state index is 0.178. The Labute approximate surface area is 90.1 Å². The summed E-state index contributed by atoms with van der Waals surface area (Å²) in [6.07, 6.45) is -0.691. The van der Waals surface area contributed by atoms with Crippen LogP contribution in [0.1, 0.15) is 11.1 Å². The van der Waals surface area contributed by atoms with Gasteiger partial charge in [-0.05, 0) is 12.1 Å². The molecule has 3 nitrogen and oxygen atoms in total. The van der Waals surface area contributed by atoms with Gasteiger partial charge in [-0.1, -0.05) is 17.7 Å². The highest BCUT2D eigenvalue weighted by Crippen LogP contribution is 2.31. The zero-order valence-corrected chi connectivity index (χ0v) is 8.85. The molecule has 1 heterocycles. The summed E-state index contributed by atoms with van der Waals surface area (Å²) in [4.78, 5) is 4.25. The minimum Gasteiger partial charge on any atom is -0.385 e. The second-order valence-corrected chi connectivity index (χ2v) is 4.33. The predicted octanol–water partition coefficient (Wildman–Crippen LogP) is 1.94. The smallest absolute Gasteiger partial charge is 0.124 e. The van der Waals surface area contributed by atoms with Crippen LogP contribution in [0.2, 0.25) is 5.02 Å². The molecule has 0 saturated heterocycles. The van der Waals surface area contributed by atoms with Crippen molar-refractivity contribution < 1.29 is 5.11 Å². The number of fused-ring (bicyclic) bond motifs is 1. The Hall–Kier alpha value is -0.680. The van der Waals surface area contributed by atoms with Gasteiger partial charge in [0.05, 0.1) is 15.2 Å². The van der Waals surface area contributed by atoms with E-state index in [1.54, 1.807) is 6.07 Å². The van der Waals surface area contributed by atoms with Crippen LogP contribution in [0.5, 0.6) is 0 Å². The molecule has 0 radical (unpaired) electrons. The van der Waals surface area contributed by atoms with Gasteiger partial charge in [-0.15, -0.1) is 11.3 Å². The van der Waals surface area contributed by atoms with Crippen LogP contribution in [0.15, 0.2) is 18.2 Å². The normalized spacial score (nSPS) is 13.4. The average Bonchev–Trinajstić information content (AvgIpc) is 2.62. The van der Waals surface area contributed by atoms with Gasteiger partial charge in [0.15, 0.2) is 0 Å². The Morgan fingerprint density at radius 3 is 3.00 bits per heavy atom. The molecule has 14 heavy (non-hydrogen) atoms. The van der Waals surface area contributed by atoms with Gasteiger partial charge in [-0.25, -0.2) is 4.98 Å². The van der Waals surface area contributed by atoms with E-state index in [4.69, 9.17) is 17.3 Å². The van der Waals surface area contributed by atoms with Crippen LogP contribution < -0.4 is 5.73 Å². The summed E-state index contributed by atoms with van der Waals surface area (Å²) >= 11 is 7.36. The number of benzene rings is 1. The van der Waals surface area contributed by atoms with Crippen LogP contribution in [-0.2, 0) is 0 Å². The quantitative estimate of drug-likeness (QED) is 0.826. The Morgan fingerprint density at radius 1 is 1.57 bits per heavy atom. The number of thiazole rings is 1. The van der Waals surface area contributed by atoms with E-state index in [1.165, 1.54) is 11.3 Å². The molecule has 1 unspecified atom stereocenters. The van der Waals surface area contributed by atoms with Crippen molar-refractivity contribution >= 4 is 33.2 Å². The second kappa shape index (κ2) is 3.82.